The fourth-order valence-corrected chi connectivity index (χ4v) is 2.03. The molecular formula is C11H15N3O4. The zero-order valence-corrected chi connectivity index (χ0v) is 9.80. The SMILES string of the molecule is O=C1CCCC(=O)N1CCc1[nH]cnc1C(O)O. The Morgan fingerprint density at radius 1 is 1.33 bits per heavy atom. The van der Waals surface area contributed by atoms with Crippen molar-refractivity contribution in [1.82, 2.24) is 14.9 Å². The van der Waals surface area contributed by atoms with Crippen molar-refractivity contribution in [1.29, 1.82) is 0 Å². The summed E-state index contributed by atoms with van der Waals surface area (Å²) in [6.45, 7) is 0.236. The minimum atomic E-state index is -1.65. The first kappa shape index (κ1) is 12.7. The van der Waals surface area contributed by atoms with Gasteiger partial charge in [0, 0.05) is 31.5 Å². The Balaban J connectivity index is 2.00. The molecule has 0 radical (unpaired) electrons. The molecule has 0 saturated carbocycles. The quantitative estimate of drug-likeness (QED) is 0.494. The lowest BCUT2D eigenvalue weighted by atomic mass is 10.1. The number of carbonyl (C=O) groups excluding carboxylic acids is 2. The average molecular weight is 253 g/mol. The number of likely N-dealkylation sites (tertiary alicyclic amines) is 1. The van der Waals surface area contributed by atoms with Gasteiger partial charge in [-0.25, -0.2) is 4.98 Å². The van der Waals surface area contributed by atoms with E-state index >= 15 is 0 Å². The van der Waals surface area contributed by atoms with Crippen molar-refractivity contribution in [3.8, 4) is 0 Å². The van der Waals surface area contributed by atoms with Gasteiger partial charge in [0.2, 0.25) is 11.8 Å². The molecule has 1 aromatic heterocycles. The van der Waals surface area contributed by atoms with Crippen LogP contribution >= 0.6 is 0 Å². The summed E-state index contributed by atoms with van der Waals surface area (Å²) in [6, 6.07) is 0. The van der Waals surface area contributed by atoms with E-state index in [0.717, 1.165) is 0 Å². The van der Waals surface area contributed by atoms with E-state index in [0.29, 0.717) is 31.4 Å². The minimum Gasteiger partial charge on any atom is -0.363 e. The second kappa shape index (κ2) is 5.28. The second-order valence-electron chi connectivity index (χ2n) is 4.18. The first-order valence-corrected chi connectivity index (χ1v) is 5.81. The van der Waals surface area contributed by atoms with Crippen molar-refractivity contribution in [2.24, 2.45) is 0 Å². The van der Waals surface area contributed by atoms with Crippen LogP contribution in [0.5, 0.6) is 0 Å². The van der Waals surface area contributed by atoms with Crippen molar-refractivity contribution in [2.75, 3.05) is 6.54 Å². The minimum absolute atomic E-state index is 0.131. The summed E-state index contributed by atoms with van der Waals surface area (Å²) in [5, 5.41) is 18.1. The maximum atomic E-state index is 11.6. The standard InChI is InChI=1S/C11H15N3O4/c15-8-2-1-3-9(16)14(8)5-4-7-10(11(17)18)13-6-12-7/h6,11,17-18H,1-5H2,(H,12,13). The maximum absolute atomic E-state index is 11.6. The smallest absolute Gasteiger partial charge is 0.229 e. The zero-order valence-electron chi connectivity index (χ0n) is 9.80. The molecule has 2 amide bonds. The lowest BCUT2D eigenvalue weighted by molar-refractivity contribution is -0.147. The van der Waals surface area contributed by atoms with Crippen LogP contribution in [-0.4, -0.2) is 43.4 Å². The molecule has 0 aliphatic carbocycles. The molecule has 2 heterocycles. The van der Waals surface area contributed by atoms with E-state index in [1.807, 2.05) is 0 Å². The monoisotopic (exact) mass is 253 g/mol. The van der Waals surface area contributed by atoms with Crippen LogP contribution in [0.1, 0.15) is 36.9 Å². The normalized spacial score (nSPS) is 16.7. The molecule has 0 unspecified atom stereocenters. The van der Waals surface area contributed by atoms with Gasteiger partial charge in [-0.05, 0) is 6.42 Å². The number of rotatable bonds is 4. The predicted molar refractivity (Wildman–Crippen MR) is 60.0 cm³/mol. The van der Waals surface area contributed by atoms with Gasteiger partial charge in [0.05, 0.1) is 6.33 Å². The molecule has 1 saturated heterocycles. The van der Waals surface area contributed by atoms with Gasteiger partial charge in [0.15, 0.2) is 6.29 Å². The molecule has 2 rings (SSSR count). The molecule has 1 fully saturated rings. The Bertz CT molecular complexity index is 439. The van der Waals surface area contributed by atoms with E-state index in [1.54, 1.807) is 0 Å². The lowest BCUT2D eigenvalue weighted by Crippen LogP contribution is -2.41. The van der Waals surface area contributed by atoms with Crippen molar-refractivity contribution < 1.29 is 19.8 Å². The Morgan fingerprint density at radius 2 is 2.00 bits per heavy atom. The van der Waals surface area contributed by atoms with E-state index in [1.165, 1.54) is 11.2 Å². The van der Waals surface area contributed by atoms with Gasteiger partial charge in [-0.2, -0.15) is 0 Å². The molecule has 18 heavy (non-hydrogen) atoms. The molecule has 0 aromatic carbocycles. The van der Waals surface area contributed by atoms with Crippen LogP contribution in [0.2, 0.25) is 0 Å². The molecule has 7 heteroatoms. The Kier molecular flexibility index (Phi) is 3.73. The number of nitrogens with one attached hydrogen (secondary N) is 1. The van der Waals surface area contributed by atoms with E-state index in [-0.39, 0.29) is 24.1 Å². The summed E-state index contributed by atoms with van der Waals surface area (Å²) < 4.78 is 0. The number of nitrogens with zero attached hydrogens (tertiary/aromatic N) is 2. The van der Waals surface area contributed by atoms with E-state index < -0.39 is 6.29 Å². The molecular weight excluding hydrogens is 238 g/mol. The number of amides is 2. The lowest BCUT2D eigenvalue weighted by Gasteiger charge is -2.24. The third-order valence-electron chi connectivity index (χ3n) is 2.96. The number of H-pyrrole nitrogens is 1. The highest BCUT2D eigenvalue weighted by Gasteiger charge is 2.26. The third kappa shape index (κ3) is 2.57. The first-order valence-electron chi connectivity index (χ1n) is 5.81. The molecule has 98 valence electrons. The molecule has 7 nitrogen and oxygen atoms in total. The molecule has 1 aliphatic rings. The first-order chi connectivity index (χ1) is 8.59. The number of aliphatic hydroxyl groups excluding tert-OH is 1. The van der Waals surface area contributed by atoms with Gasteiger partial charge in [-0.15, -0.1) is 0 Å². The number of aromatic amines is 1. The van der Waals surface area contributed by atoms with Gasteiger partial charge in [0.1, 0.15) is 5.69 Å². The van der Waals surface area contributed by atoms with Crippen LogP contribution in [0.15, 0.2) is 6.33 Å². The van der Waals surface area contributed by atoms with Crippen molar-refractivity contribution in [2.45, 2.75) is 32.0 Å². The number of piperidine rings is 1. The van der Waals surface area contributed by atoms with Crippen LogP contribution in [-0.2, 0) is 16.0 Å². The highest BCUT2D eigenvalue weighted by molar-refractivity contribution is 5.97. The largest absolute Gasteiger partial charge is 0.363 e. The Morgan fingerprint density at radius 3 is 2.61 bits per heavy atom. The second-order valence-corrected chi connectivity index (χ2v) is 4.18. The molecule has 0 bridgehead atoms. The predicted octanol–water partition coefficient (Wildman–Crippen LogP) is -0.525. The zero-order chi connectivity index (χ0) is 13.1. The summed E-state index contributed by atoms with van der Waals surface area (Å²) in [5.41, 5.74) is 0.656. The average Bonchev–Trinajstić information content (AvgIpc) is 2.76. The van der Waals surface area contributed by atoms with Gasteiger partial charge in [-0.3, -0.25) is 14.5 Å². The van der Waals surface area contributed by atoms with E-state index in [4.69, 9.17) is 10.2 Å². The van der Waals surface area contributed by atoms with Gasteiger partial charge >= 0.3 is 0 Å². The Hall–Kier alpha value is -1.73. The Labute approximate surface area is 103 Å². The van der Waals surface area contributed by atoms with Gasteiger partial charge in [-0.1, -0.05) is 0 Å². The molecule has 1 aromatic rings. The molecule has 3 N–H and O–H groups in total. The number of imide groups is 1. The summed E-state index contributed by atoms with van der Waals surface area (Å²) in [7, 11) is 0. The molecule has 1 aliphatic heterocycles. The topological polar surface area (TPSA) is 107 Å². The molecule has 0 atom stereocenters. The van der Waals surface area contributed by atoms with Crippen molar-refractivity contribution in [3.63, 3.8) is 0 Å². The van der Waals surface area contributed by atoms with Gasteiger partial charge in [0.25, 0.3) is 0 Å². The summed E-state index contributed by atoms with van der Waals surface area (Å²) in [4.78, 5) is 30.9. The number of imidazole rings is 1. The van der Waals surface area contributed by atoms with E-state index in [2.05, 4.69) is 9.97 Å². The van der Waals surface area contributed by atoms with Crippen LogP contribution < -0.4 is 0 Å². The molecule has 0 spiro atoms. The number of hydrogen-bond donors (Lipinski definition) is 3. The number of carbonyl (C=O) groups is 2. The van der Waals surface area contributed by atoms with Crippen molar-refractivity contribution in [3.05, 3.63) is 17.7 Å². The maximum Gasteiger partial charge on any atom is 0.229 e. The number of hydrogen-bond acceptors (Lipinski definition) is 5. The summed E-state index contributed by atoms with van der Waals surface area (Å²) in [5.74, 6) is -0.339. The number of aromatic nitrogens is 2. The fraction of sp³-hybridized carbons (Fsp3) is 0.545. The summed E-state index contributed by atoms with van der Waals surface area (Å²) in [6.07, 6.45) is 1.43. The van der Waals surface area contributed by atoms with Crippen LogP contribution in [0, 0.1) is 0 Å². The highest BCUT2D eigenvalue weighted by Crippen LogP contribution is 2.15. The van der Waals surface area contributed by atoms with Crippen LogP contribution in [0.4, 0.5) is 0 Å². The van der Waals surface area contributed by atoms with E-state index in [9.17, 15) is 9.59 Å². The van der Waals surface area contributed by atoms with Crippen molar-refractivity contribution >= 4 is 11.8 Å². The van der Waals surface area contributed by atoms with Crippen LogP contribution in [0.3, 0.4) is 0 Å². The number of aliphatic hydroxyl groups is 2. The fourth-order valence-electron chi connectivity index (χ4n) is 2.03. The van der Waals surface area contributed by atoms with Crippen LogP contribution in [0.25, 0.3) is 0 Å². The van der Waals surface area contributed by atoms with Gasteiger partial charge < -0.3 is 15.2 Å². The third-order valence-corrected chi connectivity index (χ3v) is 2.96. The summed E-state index contributed by atoms with van der Waals surface area (Å²) >= 11 is 0. The highest BCUT2D eigenvalue weighted by atomic mass is 16.5.